The highest BCUT2D eigenvalue weighted by Gasteiger charge is 1.92. The summed E-state index contributed by atoms with van der Waals surface area (Å²) in [6.07, 6.45) is 3.80. The van der Waals surface area contributed by atoms with Crippen molar-refractivity contribution in [3.05, 3.63) is 11.6 Å². The molecule has 0 amide bonds. The lowest BCUT2D eigenvalue weighted by Gasteiger charge is -1.96. The number of hydrogen-bond donors (Lipinski definition) is 0. The van der Waals surface area contributed by atoms with Gasteiger partial charge in [-0.1, -0.05) is 6.08 Å². The van der Waals surface area contributed by atoms with Crippen molar-refractivity contribution in [2.45, 2.75) is 13.8 Å². The van der Waals surface area contributed by atoms with Crippen molar-refractivity contribution in [2.24, 2.45) is 9.98 Å². The third-order valence-electron chi connectivity index (χ3n) is 1.33. The summed E-state index contributed by atoms with van der Waals surface area (Å²) < 4.78 is 0. The Kier molecular flexibility index (Phi) is 4.46. The summed E-state index contributed by atoms with van der Waals surface area (Å²) in [6, 6.07) is 0. The lowest BCUT2D eigenvalue weighted by Crippen LogP contribution is -1.97. The third-order valence-corrected chi connectivity index (χ3v) is 1.33. The maximum absolute atomic E-state index is 4.04. The molecule has 0 heterocycles. The lowest BCUT2D eigenvalue weighted by molar-refractivity contribution is 1.41. The summed E-state index contributed by atoms with van der Waals surface area (Å²) >= 11 is 0. The molecule has 0 aliphatic rings. The Labute approximate surface area is 62.4 Å². The molecule has 0 aromatic heterocycles. The second kappa shape index (κ2) is 4.91. The Morgan fingerprint density at radius 3 is 2.20 bits per heavy atom. The SMILES string of the molecule is C/C=C(\C=NC)C(C)=NC. The smallest absolute Gasteiger partial charge is 0.0398 e. The van der Waals surface area contributed by atoms with Crippen molar-refractivity contribution in [1.82, 2.24) is 0 Å². The molecular formula is C8H14N2. The Morgan fingerprint density at radius 1 is 1.30 bits per heavy atom. The van der Waals surface area contributed by atoms with Crippen molar-refractivity contribution >= 4 is 11.9 Å². The topological polar surface area (TPSA) is 24.7 Å². The maximum Gasteiger partial charge on any atom is 0.0398 e. The summed E-state index contributed by atoms with van der Waals surface area (Å²) in [7, 11) is 3.54. The van der Waals surface area contributed by atoms with E-state index in [0.717, 1.165) is 11.3 Å². The van der Waals surface area contributed by atoms with E-state index in [1.165, 1.54) is 0 Å². The van der Waals surface area contributed by atoms with Crippen molar-refractivity contribution in [3.63, 3.8) is 0 Å². The summed E-state index contributed by atoms with van der Waals surface area (Å²) in [6.45, 7) is 3.95. The van der Waals surface area contributed by atoms with E-state index in [0.29, 0.717) is 0 Å². The largest absolute Gasteiger partial charge is 0.296 e. The van der Waals surface area contributed by atoms with Crippen molar-refractivity contribution in [1.29, 1.82) is 0 Å². The van der Waals surface area contributed by atoms with E-state index in [2.05, 4.69) is 9.98 Å². The summed E-state index contributed by atoms with van der Waals surface area (Å²) in [5, 5.41) is 0. The van der Waals surface area contributed by atoms with E-state index in [1.807, 2.05) is 26.1 Å². The van der Waals surface area contributed by atoms with E-state index < -0.39 is 0 Å². The fourth-order valence-electron chi connectivity index (χ4n) is 0.645. The summed E-state index contributed by atoms with van der Waals surface area (Å²) in [5.41, 5.74) is 2.11. The van der Waals surface area contributed by atoms with Crippen LogP contribution in [0.4, 0.5) is 0 Å². The molecule has 0 unspecified atom stereocenters. The lowest BCUT2D eigenvalue weighted by atomic mass is 10.2. The highest BCUT2D eigenvalue weighted by atomic mass is 14.7. The van der Waals surface area contributed by atoms with Crippen molar-refractivity contribution in [2.75, 3.05) is 14.1 Å². The predicted octanol–water partition coefficient (Wildman–Crippen LogP) is 1.72. The molecule has 0 spiro atoms. The Hall–Kier alpha value is -0.920. The number of allylic oxidation sites excluding steroid dienone is 2. The van der Waals surface area contributed by atoms with Gasteiger partial charge in [-0.05, 0) is 13.8 Å². The van der Waals surface area contributed by atoms with Crippen LogP contribution in [-0.4, -0.2) is 26.0 Å². The minimum Gasteiger partial charge on any atom is -0.296 e. The number of rotatable bonds is 2. The van der Waals surface area contributed by atoms with Gasteiger partial charge < -0.3 is 0 Å². The van der Waals surface area contributed by atoms with Crippen molar-refractivity contribution in [3.8, 4) is 0 Å². The number of hydrogen-bond acceptors (Lipinski definition) is 2. The van der Waals surface area contributed by atoms with E-state index in [4.69, 9.17) is 0 Å². The zero-order valence-corrected chi connectivity index (χ0v) is 7.05. The first-order chi connectivity index (χ1) is 4.76. The fraction of sp³-hybridized carbons (Fsp3) is 0.500. The Morgan fingerprint density at radius 2 is 1.90 bits per heavy atom. The molecule has 0 rings (SSSR count). The maximum atomic E-state index is 4.04. The van der Waals surface area contributed by atoms with Gasteiger partial charge in [-0.25, -0.2) is 0 Å². The molecule has 0 aromatic carbocycles. The minimum atomic E-state index is 1.02. The van der Waals surface area contributed by atoms with Gasteiger partial charge in [0.25, 0.3) is 0 Å². The monoisotopic (exact) mass is 138 g/mol. The van der Waals surface area contributed by atoms with Crippen LogP contribution in [0.2, 0.25) is 0 Å². The quantitative estimate of drug-likeness (QED) is 0.519. The average Bonchev–Trinajstić information content (AvgIpc) is 1.99. The Balaban J connectivity index is 4.39. The van der Waals surface area contributed by atoms with Crippen LogP contribution in [0.15, 0.2) is 21.6 Å². The summed E-state index contributed by atoms with van der Waals surface area (Å²) in [5.74, 6) is 0. The molecule has 0 atom stereocenters. The van der Waals surface area contributed by atoms with E-state index in [1.54, 1.807) is 14.1 Å². The third kappa shape index (κ3) is 2.58. The van der Waals surface area contributed by atoms with Crippen LogP contribution in [0, 0.1) is 0 Å². The molecule has 2 heteroatoms. The second-order valence-corrected chi connectivity index (χ2v) is 1.94. The van der Waals surface area contributed by atoms with Gasteiger partial charge in [0.05, 0.1) is 0 Å². The average molecular weight is 138 g/mol. The van der Waals surface area contributed by atoms with E-state index >= 15 is 0 Å². The molecule has 56 valence electrons. The van der Waals surface area contributed by atoms with Gasteiger partial charge in [0.1, 0.15) is 0 Å². The molecule has 0 saturated heterocycles. The molecular weight excluding hydrogens is 124 g/mol. The van der Waals surface area contributed by atoms with Gasteiger partial charge >= 0.3 is 0 Å². The second-order valence-electron chi connectivity index (χ2n) is 1.94. The highest BCUT2D eigenvalue weighted by Crippen LogP contribution is 1.93. The molecule has 0 radical (unpaired) electrons. The first-order valence-corrected chi connectivity index (χ1v) is 3.28. The molecule has 0 aliphatic heterocycles. The van der Waals surface area contributed by atoms with E-state index in [-0.39, 0.29) is 0 Å². The normalized spacial score (nSPS) is 14.8. The van der Waals surface area contributed by atoms with Gasteiger partial charge in [-0.3, -0.25) is 9.98 Å². The molecule has 0 saturated carbocycles. The van der Waals surface area contributed by atoms with Crippen LogP contribution >= 0.6 is 0 Å². The highest BCUT2D eigenvalue weighted by molar-refractivity contribution is 6.14. The van der Waals surface area contributed by atoms with Gasteiger partial charge in [-0.2, -0.15) is 0 Å². The molecule has 0 aromatic rings. The molecule has 0 bridgehead atoms. The Bertz CT molecular complexity index is 176. The molecule has 10 heavy (non-hydrogen) atoms. The number of aliphatic imine (C=N–C) groups is 2. The van der Waals surface area contributed by atoms with Crippen LogP contribution in [0.5, 0.6) is 0 Å². The van der Waals surface area contributed by atoms with Gasteiger partial charge in [0.2, 0.25) is 0 Å². The molecule has 2 nitrogen and oxygen atoms in total. The van der Waals surface area contributed by atoms with Crippen LogP contribution in [0.3, 0.4) is 0 Å². The molecule has 0 aliphatic carbocycles. The fourth-order valence-corrected chi connectivity index (χ4v) is 0.645. The van der Waals surface area contributed by atoms with E-state index in [9.17, 15) is 0 Å². The molecule has 0 N–H and O–H groups in total. The standard InChI is InChI=1S/C8H14N2/c1-5-8(6-9-3)7(2)10-4/h5-6H,1-4H3/b8-5+,9-6?,10-7?. The first-order valence-electron chi connectivity index (χ1n) is 3.28. The minimum absolute atomic E-state index is 1.02. The van der Waals surface area contributed by atoms with Gasteiger partial charge in [0.15, 0.2) is 0 Å². The molecule has 0 fully saturated rings. The van der Waals surface area contributed by atoms with Crippen LogP contribution in [0.25, 0.3) is 0 Å². The van der Waals surface area contributed by atoms with Crippen LogP contribution in [-0.2, 0) is 0 Å². The zero-order valence-electron chi connectivity index (χ0n) is 7.05. The zero-order chi connectivity index (χ0) is 7.98. The van der Waals surface area contributed by atoms with Crippen molar-refractivity contribution < 1.29 is 0 Å². The summed E-state index contributed by atoms with van der Waals surface area (Å²) in [4.78, 5) is 7.94. The predicted molar refractivity (Wildman–Crippen MR) is 47.2 cm³/mol. The van der Waals surface area contributed by atoms with Gasteiger partial charge in [-0.15, -0.1) is 0 Å². The van der Waals surface area contributed by atoms with Crippen LogP contribution in [0.1, 0.15) is 13.8 Å². The van der Waals surface area contributed by atoms with Crippen LogP contribution < -0.4 is 0 Å². The van der Waals surface area contributed by atoms with Gasteiger partial charge in [0, 0.05) is 31.6 Å². The first kappa shape index (κ1) is 9.08. The number of nitrogens with zero attached hydrogens (tertiary/aromatic N) is 2.